The normalized spacial score (nSPS) is 20.3. The molecule has 1 aliphatic heterocycles. The van der Waals surface area contributed by atoms with Gasteiger partial charge in [0.15, 0.2) is 0 Å². The number of ether oxygens (including phenoxy) is 1. The molecule has 100 valence electrons. The average Bonchev–Trinajstić information content (AvgIpc) is 2.37. The highest BCUT2D eigenvalue weighted by molar-refractivity contribution is 5.69. The number of cyclic esters (lactones) is 1. The van der Waals surface area contributed by atoms with Crippen LogP contribution in [0.15, 0.2) is 36.5 Å². The minimum atomic E-state index is -0.0526. The summed E-state index contributed by atoms with van der Waals surface area (Å²) in [6, 6.07) is 0. The minimum absolute atomic E-state index is 0.0526. The Kier molecular flexibility index (Phi) is 8.87. The molecule has 0 aromatic heterocycles. The monoisotopic (exact) mass is 248 g/mol. The molecule has 1 rings (SSSR count). The van der Waals surface area contributed by atoms with Gasteiger partial charge in [0.2, 0.25) is 0 Å². The molecule has 0 N–H and O–H groups in total. The van der Waals surface area contributed by atoms with Crippen LogP contribution in [0.2, 0.25) is 0 Å². The molecule has 0 saturated heterocycles. The van der Waals surface area contributed by atoms with Crippen molar-refractivity contribution >= 4 is 5.97 Å². The van der Waals surface area contributed by atoms with Crippen LogP contribution in [0.5, 0.6) is 0 Å². The maximum atomic E-state index is 11.4. The third-order valence-electron chi connectivity index (χ3n) is 2.84. The summed E-state index contributed by atoms with van der Waals surface area (Å²) in [7, 11) is 0. The molecular formula is C16H24O2. The van der Waals surface area contributed by atoms with Gasteiger partial charge in [0.05, 0.1) is 6.61 Å². The molecular weight excluding hydrogens is 224 g/mol. The van der Waals surface area contributed by atoms with E-state index in [1.165, 1.54) is 0 Å². The predicted octanol–water partition coefficient (Wildman–Crippen LogP) is 4.33. The van der Waals surface area contributed by atoms with Crippen LogP contribution in [-0.2, 0) is 9.53 Å². The Morgan fingerprint density at radius 3 is 2.22 bits per heavy atom. The van der Waals surface area contributed by atoms with E-state index < -0.39 is 0 Å². The topological polar surface area (TPSA) is 26.3 Å². The zero-order valence-corrected chi connectivity index (χ0v) is 11.1. The molecule has 1 aliphatic rings. The number of allylic oxidation sites excluding steroid dienone is 5. The highest BCUT2D eigenvalue weighted by Gasteiger charge is 2.01. The van der Waals surface area contributed by atoms with Crippen molar-refractivity contribution in [3.05, 3.63) is 36.5 Å². The fourth-order valence-corrected chi connectivity index (χ4v) is 1.80. The quantitative estimate of drug-likeness (QED) is 0.471. The summed E-state index contributed by atoms with van der Waals surface area (Å²) in [6.07, 6.45) is 20.7. The van der Waals surface area contributed by atoms with Gasteiger partial charge in [-0.05, 0) is 38.5 Å². The molecule has 1 heterocycles. The first-order valence-corrected chi connectivity index (χ1v) is 7.00. The first-order chi connectivity index (χ1) is 8.89. The van der Waals surface area contributed by atoms with Gasteiger partial charge in [-0.1, -0.05) is 42.9 Å². The molecule has 0 unspecified atom stereocenters. The maximum Gasteiger partial charge on any atom is 0.305 e. The molecule has 2 heteroatoms. The molecule has 18 heavy (non-hydrogen) atoms. The third kappa shape index (κ3) is 8.80. The second-order valence-electron chi connectivity index (χ2n) is 4.49. The van der Waals surface area contributed by atoms with Crippen LogP contribution >= 0.6 is 0 Å². The number of hydrogen-bond donors (Lipinski definition) is 0. The Balaban J connectivity index is 2.31. The van der Waals surface area contributed by atoms with Crippen molar-refractivity contribution in [2.75, 3.05) is 6.61 Å². The lowest BCUT2D eigenvalue weighted by Crippen LogP contribution is -2.04. The lowest BCUT2D eigenvalue weighted by Gasteiger charge is -2.02. The third-order valence-corrected chi connectivity index (χ3v) is 2.84. The maximum absolute atomic E-state index is 11.4. The van der Waals surface area contributed by atoms with Gasteiger partial charge in [-0.15, -0.1) is 0 Å². The van der Waals surface area contributed by atoms with Crippen LogP contribution < -0.4 is 0 Å². The number of rotatable bonds is 0. The Morgan fingerprint density at radius 2 is 1.44 bits per heavy atom. The summed E-state index contributed by atoms with van der Waals surface area (Å²) in [4.78, 5) is 11.4. The van der Waals surface area contributed by atoms with Crippen LogP contribution in [0.1, 0.15) is 51.4 Å². The first kappa shape index (κ1) is 14.7. The van der Waals surface area contributed by atoms with Crippen molar-refractivity contribution in [2.24, 2.45) is 0 Å². The van der Waals surface area contributed by atoms with E-state index in [1.54, 1.807) is 0 Å². The van der Waals surface area contributed by atoms with Gasteiger partial charge in [-0.2, -0.15) is 0 Å². The van der Waals surface area contributed by atoms with E-state index in [-0.39, 0.29) is 5.97 Å². The SMILES string of the molecule is O=C1CCCCCC=CCC=CCC=CCCO1. The van der Waals surface area contributed by atoms with Crippen LogP contribution in [0.25, 0.3) is 0 Å². The van der Waals surface area contributed by atoms with Gasteiger partial charge in [-0.3, -0.25) is 4.79 Å². The van der Waals surface area contributed by atoms with Crippen LogP contribution in [0, 0.1) is 0 Å². The van der Waals surface area contributed by atoms with E-state index in [0.29, 0.717) is 13.0 Å². The van der Waals surface area contributed by atoms with Crippen LogP contribution in [-0.4, -0.2) is 12.6 Å². The highest BCUT2D eigenvalue weighted by atomic mass is 16.5. The molecule has 0 atom stereocenters. The van der Waals surface area contributed by atoms with Crippen LogP contribution in [0.4, 0.5) is 0 Å². The van der Waals surface area contributed by atoms with Crippen molar-refractivity contribution in [1.82, 2.24) is 0 Å². The lowest BCUT2D eigenvalue weighted by molar-refractivity contribution is -0.143. The highest BCUT2D eigenvalue weighted by Crippen LogP contribution is 2.06. The molecule has 2 nitrogen and oxygen atoms in total. The molecule has 0 aliphatic carbocycles. The number of esters is 1. The summed E-state index contributed by atoms with van der Waals surface area (Å²) >= 11 is 0. The molecule has 0 radical (unpaired) electrons. The Morgan fingerprint density at radius 1 is 0.778 bits per heavy atom. The largest absolute Gasteiger partial charge is 0.465 e. The Hall–Kier alpha value is -1.31. The van der Waals surface area contributed by atoms with Crippen molar-refractivity contribution in [3.63, 3.8) is 0 Å². The standard InChI is InChI=1S/C16H24O2/c17-16-14-12-10-8-6-4-2-1-3-5-7-9-11-13-15-18-16/h2-5,9,11H,1,6-8,10,12-15H2. The zero-order chi connectivity index (χ0) is 12.9. The van der Waals surface area contributed by atoms with Gasteiger partial charge >= 0.3 is 5.97 Å². The van der Waals surface area contributed by atoms with E-state index >= 15 is 0 Å². The molecule has 0 fully saturated rings. The fourth-order valence-electron chi connectivity index (χ4n) is 1.80. The summed E-state index contributed by atoms with van der Waals surface area (Å²) in [5.41, 5.74) is 0. The summed E-state index contributed by atoms with van der Waals surface area (Å²) < 4.78 is 5.15. The van der Waals surface area contributed by atoms with Gasteiger partial charge in [0, 0.05) is 6.42 Å². The molecule has 0 amide bonds. The first-order valence-electron chi connectivity index (χ1n) is 7.00. The van der Waals surface area contributed by atoms with Crippen LogP contribution in [0.3, 0.4) is 0 Å². The number of carbonyl (C=O) groups excluding carboxylic acids is 1. The molecule has 0 aromatic rings. The minimum Gasteiger partial charge on any atom is -0.465 e. The number of carbonyl (C=O) groups is 1. The van der Waals surface area contributed by atoms with Crippen molar-refractivity contribution < 1.29 is 9.53 Å². The van der Waals surface area contributed by atoms with E-state index in [0.717, 1.165) is 44.9 Å². The van der Waals surface area contributed by atoms with Gasteiger partial charge < -0.3 is 4.74 Å². The van der Waals surface area contributed by atoms with Gasteiger partial charge in [-0.25, -0.2) is 0 Å². The smallest absolute Gasteiger partial charge is 0.305 e. The summed E-state index contributed by atoms with van der Waals surface area (Å²) in [5, 5.41) is 0. The van der Waals surface area contributed by atoms with Crippen molar-refractivity contribution in [2.45, 2.75) is 51.4 Å². The van der Waals surface area contributed by atoms with Crippen molar-refractivity contribution in [1.29, 1.82) is 0 Å². The van der Waals surface area contributed by atoms with Crippen molar-refractivity contribution in [3.8, 4) is 0 Å². The predicted molar refractivity (Wildman–Crippen MR) is 75.3 cm³/mol. The van der Waals surface area contributed by atoms with Gasteiger partial charge in [0.25, 0.3) is 0 Å². The molecule has 0 spiro atoms. The lowest BCUT2D eigenvalue weighted by atomic mass is 10.1. The summed E-state index contributed by atoms with van der Waals surface area (Å²) in [6.45, 7) is 0.514. The van der Waals surface area contributed by atoms with E-state index in [1.807, 2.05) is 0 Å². The van der Waals surface area contributed by atoms with Gasteiger partial charge in [0.1, 0.15) is 0 Å². The van der Waals surface area contributed by atoms with E-state index in [2.05, 4.69) is 36.5 Å². The average molecular weight is 248 g/mol. The second kappa shape index (κ2) is 10.8. The number of hydrogen-bond acceptors (Lipinski definition) is 2. The second-order valence-corrected chi connectivity index (χ2v) is 4.49. The molecule has 0 saturated carbocycles. The van der Waals surface area contributed by atoms with E-state index in [4.69, 9.17) is 4.74 Å². The Bertz CT molecular complexity index is 300. The Labute approximate surface area is 110 Å². The molecule has 0 aromatic carbocycles. The summed E-state index contributed by atoms with van der Waals surface area (Å²) in [5.74, 6) is -0.0526. The van der Waals surface area contributed by atoms with E-state index in [9.17, 15) is 4.79 Å². The zero-order valence-electron chi connectivity index (χ0n) is 11.1. The molecule has 0 bridgehead atoms. The fraction of sp³-hybridized carbons (Fsp3) is 0.562.